The first-order chi connectivity index (χ1) is 12.0. The minimum absolute atomic E-state index is 0.268. The number of para-hydroxylation sites is 1. The summed E-state index contributed by atoms with van der Waals surface area (Å²) >= 11 is 0. The first-order valence-corrected chi connectivity index (χ1v) is 8.87. The van der Waals surface area contributed by atoms with Crippen molar-refractivity contribution in [3.8, 4) is 0 Å². The molecule has 2 heterocycles. The fourth-order valence-corrected chi connectivity index (χ4v) is 3.63. The topological polar surface area (TPSA) is 70.7 Å². The Hall–Kier alpha value is -2.50. The van der Waals surface area contributed by atoms with E-state index in [1.54, 1.807) is 6.92 Å². The molecule has 0 saturated carbocycles. The Balaban J connectivity index is 1.96. The average molecular weight is 343 g/mol. The van der Waals surface area contributed by atoms with Crippen molar-refractivity contribution in [2.45, 2.75) is 45.7 Å². The number of nitrogens with zero attached hydrogens (tertiary/aromatic N) is 1. The second-order valence-electron chi connectivity index (χ2n) is 6.48. The molecule has 0 aromatic heterocycles. The van der Waals surface area contributed by atoms with E-state index in [1.807, 2.05) is 19.1 Å². The van der Waals surface area contributed by atoms with Gasteiger partial charge < -0.3 is 20.3 Å². The minimum Gasteiger partial charge on any atom is -0.463 e. The van der Waals surface area contributed by atoms with E-state index in [1.165, 1.54) is 5.56 Å². The van der Waals surface area contributed by atoms with Gasteiger partial charge >= 0.3 is 12.0 Å². The summed E-state index contributed by atoms with van der Waals surface area (Å²) in [7, 11) is 0. The van der Waals surface area contributed by atoms with E-state index in [0.717, 1.165) is 12.1 Å². The lowest BCUT2D eigenvalue weighted by Crippen LogP contribution is -2.52. The monoisotopic (exact) mass is 343 g/mol. The van der Waals surface area contributed by atoms with Gasteiger partial charge in [0.1, 0.15) is 0 Å². The molecule has 6 nitrogen and oxygen atoms in total. The summed E-state index contributed by atoms with van der Waals surface area (Å²) in [6.07, 6.45) is 1.60. The van der Waals surface area contributed by atoms with Crippen LogP contribution in [0, 0.1) is 0 Å². The molecule has 25 heavy (non-hydrogen) atoms. The molecule has 0 spiro atoms. The molecule has 2 aliphatic heterocycles. The van der Waals surface area contributed by atoms with E-state index in [4.69, 9.17) is 4.74 Å². The molecule has 0 radical (unpaired) electrons. The van der Waals surface area contributed by atoms with Gasteiger partial charge in [-0.05, 0) is 38.3 Å². The number of rotatable bonds is 5. The molecule has 2 atom stereocenters. The van der Waals surface area contributed by atoms with Crippen molar-refractivity contribution in [3.63, 3.8) is 0 Å². The second kappa shape index (κ2) is 7.17. The number of nitrogens with one attached hydrogen (secondary N) is 2. The molecule has 0 aliphatic carbocycles. The number of urea groups is 1. The van der Waals surface area contributed by atoms with Crippen molar-refractivity contribution in [2.75, 3.05) is 18.1 Å². The lowest BCUT2D eigenvalue weighted by molar-refractivity contribution is -0.139. The average Bonchev–Trinajstić information content (AvgIpc) is 2.90. The zero-order chi connectivity index (χ0) is 18.0. The van der Waals surface area contributed by atoms with E-state index in [9.17, 15) is 9.59 Å². The Morgan fingerprint density at radius 2 is 2.08 bits per heavy atom. The summed E-state index contributed by atoms with van der Waals surface area (Å²) in [5.74, 6) is -0.364. The molecule has 0 saturated heterocycles. The summed E-state index contributed by atoms with van der Waals surface area (Å²) in [5, 5.41) is 5.65. The number of fused-ring (bicyclic) bond motifs is 1. The molecule has 6 heteroatoms. The highest BCUT2D eigenvalue weighted by Gasteiger charge is 2.34. The predicted octanol–water partition coefficient (Wildman–Crippen LogP) is 2.35. The third-order valence-electron chi connectivity index (χ3n) is 4.82. The maximum atomic E-state index is 12.5. The number of anilines is 1. The van der Waals surface area contributed by atoms with Crippen LogP contribution in [-0.2, 0) is 16.0 Å². The second-order valence-corrected chi connectivity index (χ2v) is 6.48. The molecule has 1 aromatic rings. The van der Waals surface area contributed by atoms with Crippen LogP contribution in [0.15, 0.2) is 35.5 Å². The lowest BCUT2D eigenvalue weighted by atomic mass is 9.99. The van der Waals surface area contributed by atoms with Crippen molar-refractivity contribution in [1.82, 2.24) is 10.6 Å². The fraction of sp³-hybridized carbons (Fsp3) is 0.474. The number of esters is 1. The van der Waals surface area contributed by atoms with Gasteiger partial charge in [-0.25, -0.2) is 9.59 Å². The highest BCUT2D eigenvalue weighted by atomic mass is 16.5. The zero-order valence-corrected chi connectivity index (χ0v) is 15.0. The number of ether oxygens (including phenoxy) is 1. The Labute approximate surface area is 148 Å². The third-order valence-corrected chi connectivity index (χ3v) is 4.82. The van der Waals surface area contributed by atoms with Gasteiger partial charge in [-0.15, -0.1) is 0 Å². The van der Waals surface area contributed by atoms with Gasteiger partial charge in [0, 0.05) is 11.7 Å². The van der Waals surface area contributed by atoms with Gasteiger partial charge in [-0.2, -0.15) is 0 Å². The van der Waals surface area contributed by atoms with Gasteiger partial charge in [0.25, 0.3) is 0 Å². The highest BCUT2D eigenvalue weighted by Crippen LogP contribution is 2.33. The van der Waals surface area contributed by atoms with Crippen LogP contribution in [0.25, 0.3) is 0 Å². The maximum absolute atomic E-state index is 12.5. The summed E-state index contributed by atoms with van der Waals surface area (Å²) in [5.41, 5.74) is 3.62. The standard InChI is InChI=1S/C19H25N3O3/c1-4-14-17(18(23)25-5-2)15(21-19(24)20-14)11-22-12(3)10-13-8-6-7-9-16(13)22/h6-9,12,14H,4-5,10-11H2,1-3H3,(H2,20,21,24)/t12-,14-/m0/s1. The molecule has 2 aliphatic rings. The summed E-state index contributed by atoms with van der Waals surface area (Å²) in [6.45, 7) is 6.68. The quantitative estimate of drug-likeness (QED) is 0.805. The van der Waals surface area contributed by atoms with Crippen molar-refractivity contribution in [2.24, 2.45) is 0 Å². The summed E-state index contributed by atoms with van der Waals surface area (Å²) in [4.78, 5) is 26.8. The van der Waals surface area contributed by atoms with Gasteiger partial charge in [-0.1, -0.05) is 25.1 Å². The Kier molecular flexibility index (Phi) is 4.97. The molecular weight excluding hydrogens is 318 g/mol. The summed E-state index contributed by atoms with van der Waals surface area (Å²) in [6, 6.07) is 7.98. The first-order valence-electron chi connectivity index (χ1n) is 8.87. The van der Waals surface area contributed by atoms with Gasteiger partial charge in [0.05, 0.1) is 30.5 Å². The number of carbonyl (C=O) groups is 2. The SMILES string of the molecule is CCOC(=O)C1=C(CN2c3ccccc3C[C@@H]2C)NC(=O)N[C@H]1CC. The highest BCUT2D eigenvalue weighted by molar-refractivity contribution is 5.95. The van der Waals surface area contributed by atoms with Crippen molar-refractivity contribution in [1.29, 1.82) is 0 Å². The Bertz CT molecular complexity index is 714. The zero-order valence-electron chi connectivity index (χ0n) is 15.0. The molecule has 0 bridgehead atoms. The third kappa shape index (κ3) is 3.34. The Morgan fingerprint density at radius 3 is 2.80 bits per heavy atom. The van der Waals surface area contributed by atoms with Gasteiger partial charge in [-0.3, -0.25) is 0 Å². The first kappa shape index (κ1) is 17.3. The van der Waals surface area contributed by atoms with Crippen LogP contribution in [0.2, 0.25) is 0 Å². The van der Waals surface area contributed by atoms with E-state index in [0.29, 0.717) is 36.9 Å². The molecular formula is C19H25N3O3. The number of hydrogen-bond donors (Lipinski definition) is 2. The molecule has 0 unspecified atom stereocenters. The lowest BCUT2D eigenvalue weighted by Gasteiger charge is -2.32. The maximum Gasteiger partial charge on any atom is 0.337 e. The number of carbonyl (C=O) groups excluding carboxylic acids is 2. The van der Waals surface area contributed by atoms with Crippen LogP contribution in [0.4, 0.5) is 10.5 Å². The van der Waals surface area contributed by atoms with Crippen LogP contribution >= 0.6 is 0 Å². The predicted molar refractivity (Wildman–Crippen MR) is 96.4 cm³/mol. The molecule has 3 rings (SSSR count). The molecule has 134 valence electrons. The van der Waals surface area contributed by atoms with E-state index >= 15 is 0 Å². The normalized spacial score (nSPS) is 22.4. The van der Waals surface area contributed by atoms with E-state index in [-0.39, 0.29) is 18.0 Å². The summed E-state index contributed by atoms with van der Waals surface area (Å²) < 4.78 is 5.23. The number of benzene rings is 1. The minimum atomic E-state index is -0.364. The number of hydrogen-bond acceptors (Lipinski definition) is 4. The Morgan fingerprint density at radius 1 is 1.32 bits per heavy atom. The van der Waals surface area contributed by atoms with E-state index in [2.05, 4.69) is 34.6 Å². The molecule has 0 fully saturated rings. The molecule has 2 N–H and O–H groups in total. The molecule has 2 amide bonds. The molecule has 1 aromatic carbocycles. The van der Waals surface area contributed by atoms with E-state index < -0.39 is 0 Å². The fourth-order valence-electron chi connectivity index (χ4n) is 3.63. The van der Waals surface area contributed by atoms with Crippen LogP contribution in [0.3, 0.4) is 0 Å². The van der Waals surface area contributed by atoms with Crippen LogP contribution in [0.1, 0.15) is 32.8 Å². The van der Waals surface area contributed by atoms with Crippen molar-refractivity contribution < 1.29 is 14.3 Å². The van der Waals surface area contributed by atoms with Crippen LogP contribution < -0.4 is 15.5 Å². The van der Waals surface area contributed by atoms with Crippen molar-refractivity contribution >= 4 is 17.7 Å². The van der Waals surface area contributed by atoms with Crippen LogP contribution in [-0.4, -0.2) is 37.2 Å². The van der Waals surface area contributed by atoms with Gasteiger partial charge in [0.15, 0.2) is 0 Å². The van der Waals surface area contributed by atoms with Crippen LogP contribution in [0.5, 0.6) is 0 Å². The van der Waals surface area contributed by atoms with Gasteiger partial charge in [0.2, 0.25) is 0 Å². The number of amides is 2. The largest absolute Gasteiger partial charge is 0.463 e. The van der Waals surface area contributed by atoms with Crippen molar-refractivity contribution in [3.05, 3.63) is 41.1 Å². The smallest absolute Gasteiger partial charge is 0.337 e.